The van der Waals surface area contributed by atoms with Crippen molar-refractivity contribution < 1.29 is 4.79 Å². The molecule has 2 N–H and O–H groups in total. The third-order valence-electron chi connectivity index (χ3n) is 2.63. The Hall–Kier alpha value is -1.98. The Bertz CT molecular complexity index is 716. The first-order valence-corrected chi connectivity index (χ1v) is 7.34. The van der Waals surface area contributed by atoms with E-state index in [-0.39, 0.29) is 0 Å². The topological polar surface area (TPSA) is 56.0 Å². The molecule has 2 heterocycles. The largest absolute Gasteiger partial charge is 0.365 e. The maximum atomic E-state index is 11.1. The van der Waals surface area contributed by atoms with Crippen LogP contribution in [0.15, 0.2) is 47.8 Å². The van der Waals surface area contributed by atoms with Crippen LogP contribution in [-0.4, -0.2) is 10.9 Å². The summed E-state index contributed by atoms with van der Waals surface area (Å²) in [7, 11) is 0. The van der Waals surface area contributed by atoms with Gasteiger partial charge in [0.25, 0.3) is 5.91 Å². The Balaban J connectivity index is 1.94. The second-order valence-corrected chi connectivity index (χ2v) is 5.87. The molecule has 3 rings (SSSR count). The minimum atomic E-state index is -0.393. The lowest BCUT2D eigenvalue weighted by molar-refractivity contribution is 0.100. The van der Waals surface area contributed by atoms with Gasteiger partial charge in [-0.3, -0.25) is 4.79 Å². The van der Waals surface area contributed by atoms with E-state index in [1.54, 1.807) is 17.4 Å². The van der Waals surface area contributed by atoms with Gasteiger partial charge in [0.1, 0.15) is 5.01 Å². The molecule has 3 nitrogen and oxygen atoms in total. The molecule has 0 aliphatic rings. The number of amides is 1. The van der Waals surface area contributed by atoms with Crippen molar-refractivity contribution in [2.24, 2.45) is 5.73 Å². The number of aromatic nitrogens is 1. The molecular weight excluding hydrogens is 276 g/mol. The molecule has 0 spiro atoms. The summed E-state index contributed by atoms with van der Waals surface area (Å²) in [5.41, 5.74) is 7.30. The Labute approximate surface area is 118 Å². The maximum absolute atomic E-state index is 11.1. The highest BCUT2D eigenvalue weighted by Gasteiger charge is 2.11. The van der Waals surface area contributed by atoms with Crippen LogP contribution in [0.1, 0.15) is 9.67 Å². The molecule has 3 aromatic rings. The van der Waals surface area contributed by atoms with Gasteiger partial charge in [0.15, 0.2) is 0 Å². The van der Waals surface area contributed by atoms with Crippen molar-refractivity contribution >= 4 is 28.6 Å². The zero-order valence-electron chi connectivity index (χ0n) is 9.87. The molecule has 0 unspecified atom stereocenters. The van der Waals surface area contributed by atoms with Crippen LogP contribution in [0, 0.1) is 0 Å². The molecule has 1 amide bonds. The van der Waals surface area contributed by atoms with Gasteiger partial charge in [-0.2, -0.15) is 0 Å². The number of primary amides is 1. The van der Waals surface area contributed by atoms with Crippen LogP contribution in [0.2, 0.25) is 0 Å². The Morgan fingerprint density at radius 1 is 1.11 bits per heavy atom. The fraction of sp³-hybridized carbons (Fsp3) is 0. The lowest BCUT2D eigenvalue weighted by atomic mass is 10.2. The van der Waals surface area contributed by atoms with Gasteiger partial charge >= 0.3 is 0 Å². The van der Waals surface area contributed by atoms with E-state index in [9.17, 15) is 4.79 Å². The van der Waals surface area contributed by atoms with Crippen molar-refractivity contribution in [1.29, 1.82) is 0 Å². The second kappa shape index (κ2) is 4.95. The van der Waals surface area contributed by atoms with Crippen molar-refractivity contribution in [3.8, 4) is 21.1 Å². The number of nitrogens with two attached hydrogens (primary N) is 1. The third kappa shape index (κ3) is 2.43. The first-order valence-electron chi connectivity index (χ1n) is 5.65. The lowest BCUT2D eigenvalue weighted by Gasteiger charge is -1.94. The molecule has 19 heavy (non-hydrogen) atoms. The van der Waals surface area contributed by atoms with Gasteiger partial charge in [0, 0.05) is 10.9 Å². The lowest BCUT2D eigenvalue weighted by Crippen LogP contribution is -2.07. The average Bonchev–Trinajstić information content (AvgIpc) is 3.09. The molecule has 0 radical (unpaired) electrons. The number of rotatable bonds is 3. The van der Waals surface area contributed by atoms with Crippen molar-refractivity contribution in [2.45, 2.75) is 0 Å². The summed E-state index contributed by atoms with van der Waals surface area (Å²) >= 11 is 2.95. The zero-order chi connectivity index (χ0) is 13.2. The van der Waals surface area contributed by atoms with Crippen LogP contribution in [0.5, 0.6) is 0 Å². The number of carbonyl (C=O) groups is 1. The van der Waals surface area contributed by atoms with Gasteiger partial charge in [-0.25, -0.2) is 4.98 Å². The minimum Gasteiger partial charge on any atom is -0.365 e. The number of carbonyl (C=O) groups excluding carboxylic acids is 1. The van der Waals surface area contributed by atoms with E-state index in [0.29, 0.717) is 4.88 Å². The molecule has 0 aliphatic carbocycles. The molecule has 0 aliphatic heterocycles. The van der Waals surface area contributed by atoms with Crippen molar-refractivity contribution in [2.75, 3.05) is 0 Å². The third-order valence-corrected chi connectivity index (χ3v) is 4.74. The van der Waals surface area contributed by atoms with Crippen LogP contribution >= 0.6 is 22.7 Å². The van der Waals surface area contributed by atoms with E-state index in [1.807, 2.05) is 41.8 Å². The quantitative estimate of drug-likeness (QED) is 0.799. The molecule has 2 aromatic heterocycles. The van der Waals surface area contributed by atoms with Gasteiger partial charge in [0.05, 0.1) is 15.4 Å². The fourth-order valence-electron chi connectivity index (χ4n) is 1.71. The summed E-state index contributed by atoms with van der Waals surface area (Å²) in [4.78, 5) is 17.2. The van der Waals surface area contributed by atoms with Crippen molar-refractivity contribution in [3.63, 3.8) is 0 Å². The van der Waals surface area contributed by atoms with E-state index in [2.05, 4.69) is 4.98 Å². The summed E-state index contributed by atoms with van der Waals surface area (Å²) in [6, 6.07) is 13.7. The number of thiazole rings is 1. The second-order valence-electron chi connectivity index (χ2n) is 3.93. The van der Waals surface area contributed by atoms with E-state index in [4.69, 9.17) is 5.73 Å². The van der Waals surface area contributed by atoms with Crippen LogP contribution in [0.25, 0.3) is 21.1 Å². The number of nitrogens with zero attached hydrogens (tertiary/aromatic N) is 1. The van der Waals surface area contributed by atoms with E-state index >= 15 is 0 Å². The summed E-state index contributed by atoms with van der Waals surface area (Å²) in [5, 5.41) is 2.94. The fourth-order valence-corrected chi connectivity index (χ4v) is 3.47. The summed E-state index contributed by atoms with van der Waals surface area (Å²) < 4.78 is 0. The minimum absolute atomic E-state index is 0.393. The van der Waals surface area contributed by atoms with Crippen LogP contribution < -0.4 is 5.73 Å². The summed E-state index contributed by atoms with van der Waals surface area (Å²) in [5.74, 6) is -0.393. The molecule has 5 heteroatoms. The summed E-state index contributed by atoms with van der Waals surface area (Å²) in [6.07, 6.45) is 0. The van der Waals surface area contributed by atoms with E-state index in [0.717, 1.165) is 21.1 Å². The average molecular weight is 286 g/mol. The zero-order valence-corrected chi connectivity index (χ0v) is 11.5. The molecule has 0 bridgehead atoms. The first kappa shape index (κ1) is 12.1. The monoisotopic (exact) mass is 286 g/mol. The normalized spacial score (nSPS) is 10.5. The number of hydrogen-bond donors (Lipinski definition) is 1. The van der Waals surface area contributed by atoms with Gasteiger partial charge in [-0.05, 0) is 12.1 Å². The highest BCUT2D eigenvalue weighted by Crippen LogP contribution is 2.33. The standard InChI is InChI=1S/C14H10N2OS2/c15-13(17)11-6-7-12(19-11)14-16-10(8-18-14)9-4-2-1-3-5-9/h1-8H,(H2,15,17). The van der Waals surface area contributed by atoms with Gasteiger partial charge in [-0.15, -0.1) is 22.7 Å². The van der Waals surface area contributed by atoms with E-state index < -0.39 is 5.91 Å². The Morgan fingerprint density at radius 3 is 2.58 bits per heavy atom. The predicted octanol–water partition coefficient (Wildman–Crippen LogP) is 3.64. The van der Waals surface area contributed by atoms with Gasteiger partial charge in [-0.1, -0.05) is 30.3 Å². The van der Waals surface area contributed by atoms with Gasteiger partial charge < -0.3 is 5.73 Å². The number of benzene rings is 1. The SMILES string of the molecule is NC(=O)c1ccc(-c2nc(-c3ccccc3)cs2)s1. The molecule has 0 saturated carbocycles. The van der Waals surface area contributed by atoms with Crippen LogP contribution in [-0.2, 0) is 0 Å². The highest BCUT2D eigenvalue weighted by molar-refractivity contribution is 7.22. The van der Waals surface area contributed by atoms with Gasteiger partial charge in [0.2, 0.25) is 0 Å². The highest BCUT2D eigenvalue weighted by atomic mass is 32.1. The maximum Gasteiger partial charge on any atom is 0.258 e. The molecule has 0 atom stereocenters. The Kier molecular flexibility index (Phi) is 3.15. The smallest absolute Gasteiger partial charge is 0.258 e. The van der Waals surface area contributed by atoms with Crippen molar-refractivity contribution in [3.05, 3.63) is 52.7 Å². The number of thiophene rings is 1. The molecule has 0 fully saturated rings. The van der Waals surface area contributed by atoms with Crippen molar-refractivity contribution in [1.82, 2.24) is 4.98 Å². The first-order chi connectivity index (χ1) is 9.24. The molecule has 1 aromatic carbocycles. The van der Waals surface area contributed by atoms with Crippen LogP contribution in [0.4, 0.5) is 0 Å². The van der Waals surface area contributed by atoms with E-state index in [1.165, 1.54) is 11.3 Å². The predicted molar refractivity (Wildman–Crippen MR) is 79.4 cm³/mol. The Morgan fingerprint density at radius 2 is 1.89 bits per heavy atom. The summed E-state index contributed by atoms with van der Waals surface area (Å²) in [6.45, 7) is 0. The molecular formula is C14H10N2OS2. The molecule has 0 saturated heterocycles. The molecule has 94 valence electrons. The van der Waals surface area contributed by atoms with Crippen LogP contribution in [0.3, 0.4) is 0 Å². The number of hydrogen-bond acceptors (Lipinski definition) is 4.